The molecule has 8 heteroatoms. The van der Waals surface area contributed by atoms with Gasteiger partial charge in [-0.3, -0.25) is 4.79 Å². The summed E-state index contributed by atoms with van der Waals surface area (Å²) in [5, 5.41) is 0. The molecule has 2 aromatic carbocycles. The van der Waals surface area contributed by atoms with Crippen molar-refractivity contribution >= 4 is 12.5 Å². The highest BCUT2D eigenvalue weighted by Crippen LogP contribution is 2.33. The van der Waals surface area contributed by atoms with Gasteiger partial charge in [0.1, 0.15) is 17.1 Å². The van der Waals surface area contributed by atoms with Crippen molar-refractivity contribution in [3.63, 3.8) is 0 Å². The number of piperidine rings is 1. The zero-order chi connectivity index (χ0) is 25.4. The van der Waals surface area contributed by atoms with Crippen molar-refractivity contribution in [2.75, 3.05) is 13.1 Å². The fraction of sp³-hybridized carbons (Fsp3) is 0.370. The summed E-state index contributed by atoms with van der Waals surface area (Å²) in [6.45, 7) is 8.84. The number of amides is 2. The topological polar surface area (TPSA) is 108 Å². The quantitative estimate of drug-likeness (QED) is 0.484. The average Bonchev–Trinajstić information content (AvgIpc) is 3.21. The lowest BCUT2D eigenvalue weighted by Crippen LogP contribution is -2.42. The van der Waals surface area contributed by atoms with E-state index in [-0.39, 0.29) is 18.4 Å². The van der Waals surface area contributed by atoms with Gasteiger partial charge in [0.05, 0.1) is 11.6 Å². The monoisotopic (exact) mass is 479 g/mol. The van der Waals surface area contributed by atoms with Gasteiger partial charge in [0.25, 0.3) is 0 Å². The second kappa shape index (κ2) is 11.6. The van der Waals surface area contributed by atoms with Crippen LogP contribution in [-0.2, 0) is 9.53 Å². The third kappa shape index (κ3) is 7.34. The maximum atomic E-state index is 12.5. The first kappa shape index (κ1) is 25.8. The van der Waals surface area contributed by atoms with E-state index in [0.29, 0.717) is 19.0 Å². The fourth-order valence-electron chi connectivity index (χ4n) is 3.83. The van der Waals surface area contributed by atoms with Crippen molar-refractivity contribution in [1.82, 2.24) is 9.88 Å². The molecule has 1 atom stereocenters. The summed E-state index contributed by atoms with van der Waals surface area (Å²) in [4.78, 5) is 27.5. The molecular formula is C27H33N3O5. The number of ether oxygens (including phenoxy) is 2. The molecule has 1 fully saturated rings. The van der Waals surface area contributed by atoms with Crippen LogP contribution in [0.3, 0.4) is 0 Å². The summed E-state index contributed by atoms with van der Waals surface area (Å²) in [7, 11) is 0. The molecule has 2 N–H and O–H groups in total. The van der Waals surface area contributed by atoms with Crippen molar-refractivity contribution in [1.29, 1.82) is 0 Å². The Hall–Kier alpha value is -3.81. The molecule has 35 heavy (non-hydrogen) atoms. The largest absolute Gasteiger partial charge is 0.457 e. The van der Waals surface area contributed by atoms with Crippen LogP contribution in [0.2, 0.25) is 0 Å². The molecule has 186 valence electrons. The second-order valence-electron chi connectivity index (χ2n) is 9.31. The summed E-state index contributed by atoms with van der Waals surface area (Å²) in [6, 6.07) is 17.5. The van der Waals surface area contributed by atoms with Crippen LogP contribution in [-0.4, -0.2) is 41.1 Å². The van der Waals surface area contributed by atoms with Gasteiger partial charge in [0.2, 0.25) is 6.41 Å². The highest BCUT2D eigenvalue weighted by atomic mass is 16.6. The van der Waals surface area contributed by atoms with Crippen molar-refractivity contribution in [3.05, 3.63) is 66.2 Å². The molecule has 0 spiro atoms. The zero-order valence-electron chi connectivity index (χ0n) is 20.7. The fourth-order valence-corrected chi connectivity index (χ4v) is 3.83. The Bertz CT molecular complexity index is 1100. The molecule has 0 aliphatic carbocycles. The molecule has 1 aliphatic heterocycles. The zero-order valence-corrected chi connectivity index (χ0v) is 20.7. The molecule has 0 saturated carbocycles. The highest BCUT2D eigenvalue weighted by Gasteiger charge is 2.31. The van der Waals surface area contributed by atoms with E-state index in [1.807, 2.05) is 82.3 Å². The first-order valence-corrected chi connectivity index (χ1v) is 11.6. The van der Waals surface area contributed by atoms with Gasteiger partial charge in [0.15, 0.2) is 11.7 Å². The number of hydrogen-bond donors (Lipinski definition) is 1. The minimum absolute atomic E-state index is 0.0596. The summed E-state index contributed by atoms with van der Waals surface area (Å²) >= 11 is 0. The first-order chi connectivity index (χ1) is 16.7. The highest BCUT2D eigenvalue weighted by molar-refractivity contribution is 5.68. The van der Waals surface area contributed by atoms with Gasteiger partial charge in [-0.05, 0) is 76.9 Å². The number of para-hydroxylation sites is 1. The van der Waals surface area contributed by atoms with Gasteiger partial charge >= 0.3 is 6.09 Å². The Balaban J connectivity index is 0.00000108. The molecule has 4 rings (SSSR count). The number of carbonyl (C=O) groups excluding carboxylic acids is 2. The Morgan fingerprint density at radius 1 is 1.11 bits per heavy atom. The number of benzene rings is 2. The standard InChI is InChI=1S/C26H30N2O4.CH3NO/c1-18-23(19-12-14-22(15-13-19)30-21-10-6-5-7-11-21)31-24(27-18)20-9-8-16-28(17-20)25(29)32-26(2,3)4;2-1-3/h5-7,10-15,20H,8-9,16-17H2,1-4H3;1H,(H2,2,3). The first-order valence-electron chi connectivity index (χ1n) is 11.6. The lowest BCUT2D eigenvalue weighted by Gasteiger charge is -2.33. The Morgan fingerprint density at radius 3 is 2.37 bits per heavy atom. The number of likely N-dealkylation sites (tertiary alicyclic amines) is 1. The summed E-state index contributed by atoms with van der Waals surface area (Å²) in [6.07, 6.45) is 1.80. The number of hydrogen-bond acceptors (Lipinski definition) is 6. The number of nitrogens with two attached hydrogens (primary N) is 1. The molecule has 2 amide bonds. The van der Waals surface area contributed by atoms with Gasteiger partial charge in [-0.1, -0.05) is 18.2 Å². The predicted octanol–water partition coefficient (Wildman–Crippen LogP) is 5.66. The Labute approximate surface area is 206 Å². The number of nitrogens with zero attached hydrogens (tertiary/aromatic N) is 2. The molecule has 1 unspecified atom stereocenters. The molecule has 2 heterocycles. The number of aryl methyl sites for hydroxylation is 1. The van der Waals surface area contributed by atoms with Gasteiger partial charge in [-0.15, -0.1) is 0 Å². The molecular weight excluding hydrogens is 446 g/mol. The van der Waals surface area contributed by atoms with Crippen LogP contribution >= 0.6 is 0 Å². The van der Waals surface area contributed by atoms with Crippen molar-refractivity contribution in [3.8, 4) is 22.8 Å². The molecule has 0 radical (unpaired) electrons. The molecule has 1 aromatic heterocycles. The van der Waals surface area contributed by atoms with Crippen LogP contribution in [0.1, 0.15) is 51.1 Å². The Morgan fingerprint density at radius 2 is 1.74 bits per heavy atom. The molecule has 1 saturated heterocycles. The van der Waals surface area contributed by atoms with Crippen molar-refractivity contribution < 1.29 is 23.5 Å². The van der Waals surface area contributed by atoms with E-state index in [1.54, 1.807) is 4.90 Å². The summed E-state index contributed by atoms with van der Waals surface area (Å²) in [5.41, 5.74) is 5.44. The number of rotatable bonds is 4. The van der Waals surface area contributed by atoms with Crippen LogP contribution < -0.4 is 10.5 Å². The molecule has 8 nitrogen and oxygen atoms in total. The maximum absolute atomic E-state index is 12.5. The van der Waals surface area contributed by atoms with E-state index in [4.69, 9.17) is 23.7 Å². The van der Waals surface area contributed by atoms with E-state index >= 15 is 0 Å². The predicted molar refractivity (Wildman–Crippen MR) is 133 cm³/mol. The number of primary amides is 1. The maximum Gasteiger partial charge on any atom is 0.410 e. The summed E-state index contributed by atoms with van der Waals surface area (Å²) in [5.74, 6) is 3.04. The van der Waals surface area contributed by atoms with Gasteiger partial charge in [-0.2, -0.15) is 0 Å². The molecule has 1 aliphatic rings. The lowest BCUT2D eigenvalue weighted by molar-refractivity contribution is -0.106. The van der Waals surface area contributed by atoms with E-state index in [2.05, 4.69) is 5.73 Å². The SMILES string of the molecule is Cc1nc(C2CCCN(C(=O)OC(C)(C)C)C2)oc1-c1ccc(Oc2ccccc2)cc1.NC=O. The number of oxazole rings is 1. The van der Waals surface area contributed by atoms with Crippen LogP contribution in [0.25, 0.3) is 11.3 Å². The van der Waals surface area contributed by atoms with Crippen LogP contribution in [0.5, 0.6) is 11.5 Å². The van der Waals surface area contributed by atoms with E-state index in [0.717, 1.165) is 41.4 Å². The second-order valence-corrected chi connectivity index (χ2v) is 9.31. The normalized spacial score (nSPS) is 15.5. The third-order valence-electron chi connectivity index (χ3n) is 5.33. The van der Waals surface area contributed by atoms with Crippen LogP contribution in [0.15, 0.2) is 59.0 Å². The van der Waals surface area contributed by atoms with Gasteiger partial charge < -0.3 is 24.5 Å². The Kier molecular flexibility index (Phi) is 8.52. The average molecular weight is 480 g/mol. The molecule has 0 bridgehead atoms. The smallest absolute Gasteiger partial charge is 0.410 e. The minimum Gasteiger partial charge on any atom is -0.457 e. The minimum atomic E-state index is -0.507. The number of carbonyl (C=O) groups is 2. The van der Waals surface area contributed by atoms with Crippen molar-refractivity contribution in [2.24, 2.45) is 5.73 Å². The van der Waals surface area contributed by atoms with E-state index < -0.39 is 5.60 Å². The van der Waals surface area contributed by atoms with E-state index in [9.17, 15) is 4.79 Å². The van der Waals surface area contributed by atoms with Gasteiger partial charge in [-0.25, -0.2) is 9.78 Å². The van der Waals surface area contributed by atoms with Gasteiger partial charge in [0, 0.05) is 18.7 Å². The van der Waals surface area contributed by atoms with Crippen LogP contribution in [0, 0.1) is 6.92 Å². The van der Waals surface area contributed by atoms with Crippen molar-refractivity contribution in [2.45, 2.75) is 52.1 Å². The summed E-state index contributed by atoms with van der Waals surface area (Å²) < 4.78 is 17.6. The van der Waals surface area contributed by atoms with Crippen LogP contribution in [0.4, 0.5) is 4.79 Å². The van der Waals surface area contributed by atoms with E-state index in [1.165, 1.54) is 0 Å². The third-order valence-corrected chi connectivity index (χ3v) is 5.33. The lowest BCUT2D eigenvalue weighted by atomic mass is 9.98. The number of aromatic nitrogens is 1. The molecule has 3 aromatic rings.